The number of hydrogen-bond donors (Lipinski definition) is 2. The fourth-order valence-corrected chi connectivity index (χ4v) is 3.84. The number of carboxylic acids is 1. The molecule has 0 radical (unpaired) electrons. The zero-order chi connectivity index (χ0) is 20.6. The number of aliphatic carboxylic acids is 1. The topological polar surface area (TPSA) is 87.5 Å². The third kappa shape index (κ3) is 6.62. The largest absolute Gasteiger partial charge is 0.481 e. The standard InChI is InChI=1S/C22H30N4O3/c1-17-14-23-26(15-17)16-19-9-11-25(12-10-19)22(29)24-20(7-8-21(27)28)13-18-5-3-2-4-6-18/h2-6,14-15,19-20H,7-13,16H2,1H3,(H,24,29)(H,27,28). The minimum absolute atomic E-state index is 0.0448. The number of likely N-dealkylation sites (tertiary alicyclic amines) is 1. The second-order valence-corrected chi connectivity index (χ2v) is 7.94. The molecule has 0 spiro atoms. The van der Waals surface area contributed by atoms with Gasteiger partial charge in [0.05, 0.1) is 6.20 Å². The number of benzene rings is 1. The van der Waals surface area contributed by atoms with E-state index in [9.17, 15) is 9.59 Å². The van der Waals surface area contributed by atoms with Gasteiger partial charge in [-0.25, -0.2) is 4.79 Å². The van der Waals surface area contributed by atoms with Gasteiger partial charge in [-0.2, -0.15) is 5.10 Å². The van der Waals surface area contributed by atoms with Crippen molar-refractivity contribution in [3.05, 3.63) is 53.9 Å². The molecule has 0 saturated carbocycles. The van der Waals surface area contributed by atoms with E-state index in [1.54, 1.807) is 0 Å². The molecule has 156 valence electrons. The first kappa shape index (κ1) is 20.9. The Bertz CT molecular complexity index is 797. The van der Waals surface area contributed by atoms with E-state index in [1.165, 1.54) is 0 Å². The Morgan fingerprint density at radius 1 is 1.24 bits per heavy atom. The normalized spacial score (nSPS) is 15.8. The molecule has 2 heterocycles. The number of nitrogens with zero attached hydrogens (tertiary/aromatic N) is 3. The predicted octanol–water partition coefficient (Wildman–Crippen LogP) is 3.09. The summed E-state index contributed by atoms with van der Waals surface area (Å²) in [6, 6.07) is 9.58. The van der Waals surface area contributed by atoms with Crippen LogP contribution in [0.4, 0.5) is 4.79 Å². The third-order valence-electron chi connectivity index (χ3n) is 5.47. The maximum absolute atomic E-state index is 12.8. The van der Waals surface area contributed by atoms with Crippen LogP contribution in [-0.2, 0) is 17.8 Å². The van der Waals surface area contributed by atoms with Gasteiger partial charge >= 0.3 is 12.0 Å². The number of carbonyl (C=O) groups excluding carboxylic acids is 1. The molecule has 1 aliphatic heterocycles. The Morgan fingerprint density at radius 3 is 2.59 bits per heavy atom. The molecule has 1 aliphatic rings. The lowest BCUT2D eigenvalue weighted by molar-refractivity contribution is -0.137. The molecule has 1 atom stereocenters. The fourth-order valence-electron chi connectivity index (χ4n) is 3.84. The average Bonchev–Trinajstić information content (AvgIpc) is 3.12. The molecule has 3 rings (SSSR count). The molecule has 1 aromatic carbocycles. The van der Waals surface area contributed by atoms with Crippen molar-refractivity contribution < 1.29 is 14.7 Å². The quantitative estimate of drug-likeness (QED) is 0.715. The van der Waals surface area contributed by atoms with E-state index in [1.807, 2.05) is 53.0 Å². The van der Waals surface area contributed by atoms with E-state index in [0.29, 0.717) is 31.8 Å². The second kappa shape index (κ2) is 10.1. The maximum Gasteiger partial charge on any atom is 0.317 e. The Balaban J connectivity index is 1.50. The SMILES string of the molecule is Cc1cnn(CC2CCN(C(=O)NC(CCC(=O)O)Cc3ccccc3)CC2)c1. The molecule has 0 bridgehead atoms. The van der Waals surface area contributed by atoms with E-state index in [2.05, 4.69) is 16.6 Å². The van der Waals surface area contributed by atoms with Crippen LogP contribution in [0.15, 0.2) is 42.7 Å². The Labute approximate surface area is 171 Å². The summed E-state index contributed by atoms with van der Waals surface area (Å²) in [5, 5.41) is 16.5. The first-order valence-corrected chi connectivity index (χ1v) is 10.3. The summed E-state index contributed by atoms with van der Waals surface area (Å²) in [5.74, 6) is -0.322. The van der Waals surface area contributed by atoms with E-state index < -0.39 is 5.97 Å². The third-order valence-corrected chi connectivity index (χ3v) is 5.47. The first-order chi connectivity index (χ1) is 14.0. The Morgan fingerprint density at radius 2 is 1.97 bits per heavy atom. The number of amides is 2. The van der Waals surface area contributed by atoms with Crippen LogP contribution in [0.3, 0.4) is 0 Å². The molecule has 1 fully saturated rings. The monoisotopic (exact) mass is 398 g/mol. The highest BCUT2D eigenvalue weighted by Gasteiger charge is 2.25. The summed E-state index contributed by atoms with van der Waals surface area (Å²) < 4.78 is 1.98. The van der Waals surface area contributed by atoms with Crippen molar-refractivity contribution in [2.24, 2.45) is 5.92 Å². The highest BCUT2D eigenvalue weighted by atomic mass is 16.4. The smallest absolute Gasteiger partial charge is 0.317 e. The molecule has 0 aliphatic carbocycles. The van der Waals surface area contributed by atoms with Gasteiger partial charge < -0.3 is 15.3 Å². The lowest BCUT2D eigenvalue weighted by Crippen LogP contribution is -2.48. The van der Waals surface area contributed by atoms with Crippen LogP contribution in [0.1, 0.15) is 36.8 Å². The van der Waals surface area contributed by atoms with Crippen LogP contribution in [0, 0.1) is 12.8 Å². The Hall–Kier alpha value is -2.83. The molecule has 1 saturated heterocycles. The van der Waals surface area contributed by atoms with Crippen LogP contribution in [-0.4, -0.2) is 50.9 Å². The van der Waals surface area contributed by atoms with Crippen molar-refractivity contribution in [2.45, 2.75) is 51.6 Å². The van der Waals surface area contributed by atoms with Crippen LogP contribution in [0.5, 0.6) is 0 Å². The van der Waals surface area contributed by atoms with Crippen LogP contribution in [0.25, 0.3) is 0 Å². The van der Waals surface area contributed by atoms with Gasteiger partial charge in [0.15, 0.2) is 0 Å². The van der Waals surface area contributed by atoms with Crippen LogP contribution < -0.4 is 5.32 Å². The van der Waals surface area contributed by atoms with Crippen molar-refractivity contribution in [3.8, 4) is 0 Å². The number of rotatable bonds is 8. The van der Waals surface area contributed by atoms with Crippen LogP contribution >= 0.6 is 0 Å². The van der Waals surface area contributed by atoms with Gasteiger partial charge in [0.1, 0.15) is 0 Å². The van der Waals surface area contributed by atoms with Gasteiger partial charge in [-0.1, -0.05) is 30.3 Å². The van der Waals surface area contributed by atoms with Crippen molar-refractivity contribution in [3.63, 3.8) is 0 Å². The molecular weight excluding hydrogens is 368 g/mol. The average molecular weight is 399 g/mol. The predicted molar refractivity (Wildman–Crippen MR) is 111 cm³/mol. The van der Waals surface area contributed by atoms with Crippen molar-refractivity contribution in [1.29, 1.82) is 0 Å². The van der Waals surface area contributed by atoms with Crippen molar-refractivity contribution >= 4 is 12.0 Å². The molecule has 2 amide bonds. The molecule has 1 aromatic heterocycles. The van der Waals surface area contributed by atoms with Gasteiger partial charge in [0.2, 0.25) is 0 Å². The molecule has 7 heteroatoms. The molecular formula is C22H30N4O3. The number of carbonyl (C=O) groups is 2. The number of urea groups is 1. The summed E-state index contributed by atoms with van der Waals surface area (Å²) in [5.41, 5.74) is 2.25. The number of hydrogen-bond acceptors (Lipinski definition) is 3. The summed E-state index contributed by atoms with van der Waals surface area (Å²) >= 11 is 0. The molecule has 1 unspecified atom stereocenters. The van der Waals surface area contributed by atoms with Gasteiger partial charge in [-0.05, 0) is 49.7 Å². The van der Waals surface area contributed by atoms with E-state index >= 15 is 0 Å². The molecule has 7 nitrogen and oxygen atoms in total. The van der Waals surface area contributed by atoms with E-state index in [4.69, 9.17) is 5.11 Å². The lowest BCUT2D eigenvalue weighted by atomic mass is 9.97. The number of aromatic nitrogens is 2. The minimum atomic E-state index is -0.841. The minimum Gasteiger partial charge on any atom is -0.481 e. The van der Waals surface area contributed by atoms with Gasteiger partial charge in [0.25, 0.3) is 0 Å². The number of aryl methyl sites for hydroxylation is 1. The lowest BCUT2D eigenvalue weighted by Gasteiger charge is -2.33. The zero-order valence-corrected chi connectivity index (χ0v) is 17.0. The van der Waals surface area contributed by atoms with Gasteiger partial charge in [0, 0.05) is 38.3 Å². The Kier molecular flexibility index (Phi) is 7.27. The summed E-state index contributed by atoms with van der Waals surface area (Å²) in [6.07, 6.45) is 6.92. The van der Waals surface area contributed by atoms with Crippen molar-refractivity contribution in [1.82, 2.24) is 20.0 Å². The summed E-state index contributed by atoms with van der Waals surface area (Å²) in [7, 11) is 0. The number of piperidine rings is 1. The van der Waals surface area contributed by atoms with Gasteiger partial charge in [-0.3, -0.25) is 9.48 Å². The summed E-state index contributed by atoms with van der Waals surface area (Å²) in [6.45, 7) is 4.35. The maximum atomic E-state index is 12.8. The highest BCUT2D eigenvalue weighted by molar-refractivity contribution is 5.74. The van der Waals surface area contributed by atoms with E-state index in [-0.39, 0.29) is 18.5 Å². The number of nitrogens with one attached hydrogen (secondary N) is 1. The van der Waals surface area contributed by atoms with E-state index in [0.717, 1.165) is 30.5 Å². The number of carboxylic acid groups (broad SMARTS) is 1. The van der Waals surface area contributed by atoms with Crippen LogP contribution in [0.2, 0.25) is 0 Å². The van der Waals surface area contributed by atoms with Gasteiger partial charge in [-0.15, -0.1) is 0 Å². The summed E-state index contributed by atoms with van der Waals surface area (Å²) in [4.78, 5) is 25.6. The molecule has 2 N–H and O–H groups in total. The zero-order valence-electron chi connectivity index (χ0n) is 17.0. The molecule has 29 heavy (non-hydrogen) atoms. The fraction of sp³-hybridized carbons (Fsp3) is 0.500. The highest BCUT2D eigenvalue weighted by Crippen LogP contribution is 2.19. The van der Waals surface area contributed by atoms with Crippen molar-refractivity contribution in [2.75, 3.05) is 13.1 Å². The first-order valence-electron chi connectivity index (χ1n) is 10.3. The second-order valence-electron chi connectivity index (χ2n) is 7.94. The molecule has 2 aromatic rings.